The third-order valence-corrected chi connectivity index (χ3v) is 4.04. The molecule has 1 aromatic heterocycles. The number of rotatable bonds is 4. The Morgan fingerprint density at radius 3 is 2.63 bits per heavy atom. The van der Waals surface area contributed by atoms with E-state index in [0.29, 0.717) is 28.2 Å². The summed E-state index contributed by atoms with van der Waals surface area (Å²) in [5, 5.41) is 11.2. The molecule has 1 aromatic rings. The molecule has 0 radical (unpaired) electrons. The first kappa shape index (κ1) is 14.7. The Kier molecular flexibility index (Phi) is 4.40. The molecule has 4 N–H and O–H groups in total. The molecule has 1 saturated carbocycles. The Morgan fingerprint density at radius 1 is 1.42 bits per heavy atom. The molecule has 0 aliphatic heterocycles. The van der Waals surface area contributed by atoms with Crippen LogP contribution in [0.2, 0.25) is 10.0 Å². The van der Waals surface area contributed by atoms with Gasteiger partial charge in [-0.3, -0.25) is 0 Å². The SMILES string of the molecule is CN(CC1(O)CCCC1)c1nc(NN)c(Cl)cc1Cl. The number of nitrogens with two attached hydrogens (primary N) is 1. The van der Waals surface area contributed by atoms with Gasteiger partial charge in [-0.1, -0.05) is 36.0 Å². The molecule has 1 fully saturated rings. The summed E-state index contributed by atoms with van der Waals surface area (Å²) in [6, 6.07) is 1.59. The van der Waals surface area contributed by atoms with Crippen LogP contribution in [0.3, 0.4) is 0 Å². The molecular weight excluding hydrogens is 287 g/mol. The molecule has 7 heteroatoms. The number of nitrogens with one attached hydrogen (secondary N) is 1. The van der Waals surface area contributed by atoms with Gasteiger partial charge in [-0.2, -0.15) is 0 Å². The van der Waals surface area contributed by atoms with Gasteiger partial charge in [-0.15, -0.1) is 0 Å². The average Bonchev–Trinajstić information content (AvgIpc) is 2.75. The van der Waals surface area contributed by atoms with E-state index in [1.807, 2.05) is 11.9 Å². The lowest BCUT2D eigenvalue weighted by Crippen LogP contribution is -2.39. The van der Waals surface area contributed by atoms with Gasteiger partial charge < -0.3 is 15.4 Å². The maximum absolute atomic E-state index is 10.4. The molecule has 1 heterocycles. The number of pyridine rings is 1. The zero-order valence-electron chi connectivity index (χ0n) is 10.8. The van der Waals surface area contributed by atoms with E-state index in [4.69, 9.17) is 29.0 Å². The molecule has 0 atom stereocenters. The maximum Gasteiger partial charge on any atom is 0.161 e. The zero-order chi connectivity index (χ0) is 14.0. The summed E-state index contributed by atoms with van der Waals surface area (Å²) in [5.74, 6) is 6.27. The van der Waals surface area contributed by atoms with E-state index in [0.717, 1.165) is 25.7 Å². The first-order valence-electron chi connectivity index (χ1n) is 6.21. The van der Waals surface area contributed by atoms with Crippen LogP contribution in [0.15, 0.2) is 6.07 Å². The lowest BCUT2D eigenvalue weighted by molar-refractivity contribution is 0.0558. The number of halogens is 2. The van der Waals surface area contributed by atoms with Gasteiger partial charge in [0, 0.05) is 13.6 Å². The topological polar surface area (TPSA) is 74.4 Å². The van der Waals surface area contributed by atoms with Crippen molar-refractivity contribution in [1.29, 1.82) is 0 Å². The number of hydrazine groups is 1. The summed E-state index contributed by atoms with van der Waals surface area (Å²) in [6.45, 7) is 0.491. The van der Waals surface area contributed by atoms with Crippen molar-refractivity contribution in [3.05, 3.63) is 16.1 Å². The third-order valence-electron chi connectivity index (χ3n) is 3.48. The number of anilines is 2. The summed E-state index contributed by atoms with van der Waals surface area (Å²) in [4.78, 5) is 6.12. The molecule has 1 aliphatic rings. The molecule has 5 nitrogen and oxygen atoms in total. The molecule has 0 bridgehead atoms. The summed E-state index contributed by atoms with van der Waals surface area (Å²) in [5.41, 5.74) is 1.77. The molecule has 0 amide bonds. The molecular formula is C12H18Cl2N4O. The quantitative estimate of drug-likeness (QED) is 0.588. The number of nitrogens with zero attached hydrogens (tertiary/aromatic N) is 2. The van der Waals surface area contributed by atoms with E-state index in [9.17, 15) is 5.11 Å². The number of likely N-dealkylation sites (N-methyl/N-ethyl adjacent to an activating group) is 1. The molecule has 0 saturated heterocycles. The second kappa shape index (κ2) is 5.71. The highest BCUT2D eigenvalue weighted by Gasteiger charge is 2.33. The molecule has 0 aromatic carbocycles. The molecule has 2 rings (SSSR count). The minimum Gasteiger partial charge on any atom is -0.388 e. The first-order valence-corrected chi connectivity index (χ1v) is 6.97. The minimum absolute atomic E-state index is 0.365. The monoisotopic (exact) mass is 304 g/mol. The van der Waals surface area contributed by atoms with Crippen molar-refractivity contribution in [2.24, 2.45) is 5.84 Å². The third kappa shape index (κ3) is 3.23. The van der Waals surface area contributed by atoms with Crippen molar-refractivity contribution < 1.29 is 5.11 Å². The van der Waals surface area contributed by atoms with Crippen LogP contribution in [0, 0.1) is 0 Å². The minimum atomic E-state index is -0.657. The Balaban J connectivity index is 2.20. The van der Waals surface area contributed by atoms with Crippen LogP contribution in [-0.2, 0) is 0 Å². The molecule has 0 spiro atoms. The lowest BCUT2D eigenvalue weighted by atomic mass is 10.0. The van der Waals surface area contributed by atoms with E-state index in [2.05, 4.69) is 10.4 Å². The predicted octanol–water partition coefficient (Wildman–Crippen LogP) is 2.42. The normalized spacial score (nSPS) is 17.5. The number of hydrogen-bond acceptors (Lipinski definition) is 5. The second-order valence-corrected chi connectivity index (χ2v) is 5.87. The van der Waals surface area contributed by atoms with Crippen LogP contribution in [0.5, 0.6) is 0 Å². The molecule has 106 valence electrons. The van der Waals surface area contributed by atoms with E-state index >= 15 is 0 Å². The van der Waals surface area contributed by atoms with Gasteiger partial charge >= 0.3 is 0 Å². The summed E-state index contributed by atoms with van der Waals surface area (Å²) in [6.07, 6.45) is 3.73. The summed E-state index contributed by atoms with van der Waals surface area (Å²) in [7, 11) is 1.85. The van der Waals surface area contributed by atoms with Gasteiger partial charge in [0.25, 0.3) is 0 Å². The average molecular weight is 305 g/mol. The van der Waals surface area contributed by atoms with Crippen molar-refractivity contribution in [2.75, 3.05) is 23.9 Å². The summed E-state index contributed by atoms with van der Waals surface area (Å²) < 4.78 is 0. The Hall–Kier alpha value is -0.750. The molecule has 1 aliphatic carbocycles. The molecule has 0 unspecified atom stereocenters. The van der Waals surface area contributed by atoms with Crippen LogP contribution in [0.4, 0.5) is 11.6 Å². The van der Waals surface area contributed by atoms with E-state index in [1.165, 1.54) is 0 Å². The van der Waals surface area contributed by atoms with Crippen molar-refractivity contribution >= 4 is 34.8 Å². The van der Waals surface area contributed by atoms with E-state index < -0.39 is 5.60 Å². The molecule has 19 heavy (non-hydrogen) atoms. The Labute approximate surface area is 122 Å². The van der Waals surface area contributed by atoms with Crippen LogP contribution in [0.25, 0.3) is 0 Å². The smallest absolute Gasteiger partial charge is 0.161 e. The fraction of sp³-hybridized carbons (Fsp3) is 0.583. The van der Waals surface area contributed by atoms with Crippen LogP contribution >= 0.6 is 23.2 Å². The van der Waals surface area contributed by atoms with Gasteiger partial charge in [0.15, 0.2) is 5.82 Å². The fourth-order valence-electron chi connectivity index (χ4n) is 2.53. The standard InChI is InChI=1S/C12H18Cl2N4O/c1-18(7-12(19)4-2-3-5-12)11-9(14)6-8(13)10(16-11)17-15/h6,19H,2-5,7,15H2,1H3,(H,16,17). The van der Waals surface area contributed by atoms with Crippen LogP contribution < -0.4 is 16.2 Å². The number of aliphatic hydroxyl groups is 1. The van der Waals surface area contributed by atoms with Gasteiger partial charge in [0.05, 0.1) is 15.6 Å². The fourth-order valence-corrected chi connectivity index (χ4v) is 3.09. The van der Waals surface area contributed by atoms with Gasteiger partial charge in [-0.25, -0.2) is 10.8 Å². The van der Waals surface area contributed by atoms with Gasteiger partial charge in [-0.05, 0) is 18.9 Å². The Bertz CT molecular complexity index is 463. The zero-order valence-corrected chi connectivity index (χ0v) is 12.3. The van der Waals surface area contributed by atoms with E-state index in [-0.39, 0.29) is 0 Å². The largest absolute Gasteiger partial charge is 0.388 e. The maximum atomic E-state index is 10.4. The number of aromatic nitrogens is 1. The van der Waals surface area contributed by atoms with Gasteiger partial charge in [0.1, 0.15) is 5.82 Å². The van der Waals surface area contributed by atoms with Crippen LogP contribution in [-0.4, -0.2) is 29.3 Å². The summed E-state index contributed by atoms with van der Waals surface area (Å²) >= 11 is 12.1. The van der Waals surface area contributed by atoms with Crippen molar-refractivity contribution in [3.63, 3.8) is 0 Å². The van der Waals surface area contributed by atoms with E-state index in [1.54, 1.807) is 6.07 Å². The highest BCUT2D eigenvalue weighted by atomic mass is 35.5. The highest BCUT2D eigenvalue weighted by Crippen LogP contribution is 2.34. The predicted molar refractivity (Wildman–Crippen MR) is 78.8 cm³/mol. The number of hydrogen-bond donors (Lipinski definition) is 3. The van der Waals surface area contributed by atoms with Crippen molar-refractivity contribution in [1.82, 2.24) is 4.98 Å². The van der Waals surface area contributed by atoms with Crippen LogP contribution in [0.1, 0.15) is 25.7 Å². The van der Waals surface area contributed by atoms with Gasteiger partial charge in [0.2, 0.25) is 0 Å². The highest BCUT2D eigenvalue weighted by molar-refractivity contribution is 6.37. The first-order chi connectivity index (χ1) is 8.95. The number of nitrogen functional groups attached to an aromatic ring is 1. The van der Waals surface area contributed by atoms with Crippen molar-refractivity contribution in [2.45, 2.75) is 31.3 Å². The Morgan fingerprint density at radius 2 is 2.05 bits per heavy atom. The van der Waals surface area contributed by atoms with Crippen molar-refractivity contribution in [3.8, 4) is 0 Å². The second-order valence-electron chi connectivity index (χ2n) is 5.06. The lowest BCUT2D eigenvalue weighted by Gasteiger charge is -2.30.